The van der Waals surface area contributed by atoms with E-state index in [0.29, 0.717) is 27.2 Å². The van der Waals surface area contributed by atoms with E-state index in [1.807, 2.05) is 25.1 Å². The second-order valence-corrected chi connectivity index (χ2v) is 7.37. The quantitative estimate of drug-likeness (QED) is 0.651. The van der Waals surface area contributed by atoms with E-state index >= 15 is 0 Å². The molecule has 0 spiro atoms. The van der Waals surface area contributed by atoms with Gasteiger partial charge in [-0.1, -0.05) is 46.9 Å². The Kier molecular flexibility index (Phi) is 7.09. The number of hydrogen-bond acceptors (Lipinski definition) is 2. The summed E-state index contributed by atoms with van der Waals surface area (Å²) in [6, 6.07) is 11.0. The fourth-order valence-corrected chi connectivity index (χ4v) is 3.40. The Morgan fingerprint density at radius 1 is 1.04 bits per heavy atom. The van der Waals surface area contributed by atoms with Crippen LogP contribution in [0.5, 0.6) is 0 Å². The molecule has 122 valence electrons. The topological polar surface area (TPSA) is 29.1 Å². The van der Waals surface area contributed by atoms with Gasteiger partial charge in [-0.25, -0.2) is 0 Å². The zero-order valence-corrected chi connectivity index (χ0v) is 15.6. The molecular weight excluding hydrogens is 373 g/mol. The molecule has 2 aromatic carbocycles. The Morgan fingerprint density at radius 3 is 2.52 bits per heavy atom. The Balaban J connectivity index is 1.74. The molecule has 0 bridgehead atoms. The second-order valence-electron chi connectivity index (χ2n) is 5.04. The fourth-order valence-electron chi connectivity index (χ4n) is 1.96. The average Bonchev–Trinajstić information content (AvgIpc) is 2.50. The maximum atomic E-state index is 12.1. The summed E-state index contributed by atoms with van der Waals surface area (Å²) in [7, 11) is 0. The molecule has 2 rings (SSSR count). The number of rotatable bonds is 6. The maximum Gasteiger partial charge on any atom is 0.252 e. The molecule has 0 aliphatic heterocycles. The van der Waals surface area contributed by atoms with E-state index in [2.05, 4.69) is 5.32 Å². The predicted octanol–water partition coefficient (Wildman–Crippen LogP) is 5.62. The van der Waals surface area contributed by atoms with Gasteiger partial charge in [0.2, 0.25) is 0 Å². The lowest BCUT2D eigenvalue weighted by molar-refractivity contribution is 0.0956. The highest BCUT2D eigenvalue weighted by Gasteiger charge is 2.09. The van der Waals surface area contributed by atoms with Crippen LogP contribution in [0.15, 0.2) is 36.4 Å². The Morgan fingerprint density at radius 2 is 1.83 bits per heavy atom. The first-order valence-corrected chi connectivity index (χ1v) is 9.32. The molecule has 0 saturated carbocycles. The Hall–Kier alpha value is -0.870. The van der Waals surface area contributed by atoms with Crippen LogP contribution in [0.3, 0.4) is 0 Å². The van der Waals surface area contributed by atoms with Gasteiger partial charge in [-0.2, -0.15) is 11.8 Å². The molecule has 0 aliphatic rings. The molecule has 0 radical (unpaired) electrons. The van der Waals surface area contributed by atoms with Crippen molar-refractivity contribution in [2.75, 3.05) is 12.3 Å². The number of nitrogens with one attached hydrogen (secondary N) is 1. The molecule has 23 heavy (non-hydrogen) atoms. The molecule has 6 heteroatoms. The molecular formula is C17H16Cl3NOS. The molecule has 1 amide bonds. The third-order valence-corrected chi connectivity index (χ3v) is 5.24. The van der Waals surface area contributed by atoms with Gasteiger partial charge in [0.25, 0.3) is 5.91 Å². The highest BCUT2D eigenvalue weighted by Crippen LogP contribution is 2.24. The fraction of sp³-hybridized carbons (Fsp3) is 0.235. The molecule has 2 aromatic rings. The minimum atomic E-state index is -0.148. The van der Waals surface area contributed by atoms with Crippen molar-refractivity contribution >= 4 is 52.5 Å². The summed E-state index contributed by atoms with van der Waals surface area (Å²) >= 11 is 19.7. The largest absolute Gasteiger partial charge is 0.351 e. The molecule has 1 N–H and O–H groups in total. The van der Waals surface area contributed by atoms with Crippen molar-refractivity contribution in [1.29, 1.82) is 0 Å². The van der Waals surface area contributed by atoms with Crippen molar-refractivity contribution in [3.05, 3.63) is 68.2 Å². The number of thioether (sulfide) groups is 1. The van der Waals surface area contributed by atoms with Gasteiger partial charge in [0.05, 0.1) is 20.6 Å². The van der Waals surface area contributed by atoms with E-state index in [0.717, 1.165) is 22.6 Å². The van der Waals surface area contributed by atoms with Gasteiger partial charge in [-0.3, -0.25) is 4.79 Å². The standard InChI is InChI=1S/C17H16Cl3NOS/c1-11-2-4-13(15(19)8-11)17(22)21-6-7-23-10-12-3-5-14(18)16(20)9-12/h2-5,8-9H,6-7,10H2,1H3,(H,21,22). The maximum absolute atomic E-state index is 12.1. The molecule has 0 aliphatic carbocycles. The summed E-state index contributed by atoms with van der Waals surface area (Å²) in [4.78, 5) is 12.1. The lowest BCUT2D eigenvalue weighted by Crippen LogP contribution is -2.26. The summed E-state index contributed by atoms with van der Waals surface area (Å²) in [6.45, 7) is 2.52. The molecule has 0 aromatic heterocycles. The second kappa shape index (κ2) is 8.84. The third-order valence-electron chi connectivity index (χ3n) is 3.15. The normalized spacial score (nSPS) is 10.6. The molecule has 0 heterocycles. The van der Waals surface area contributed by atoms with Crippen molar-refractivity contribution in [3.63, 3.8) is 0 Å². The van der Waals surface area contributed by atoms with E-state index in [4.69, 9.17) is 34.8 Å². The first-order valence-electron chi connectivity index (χ1n) is 7.03. The van der Waals surface area contributed by atoms with E-state index in [1.54, 1.807) is 30.0 Å². The Labute approximate surface area is 155 Å². The van der Waals surface area contributed by atoms with Crippen LogP contribution in [0.4, 0.5) is 0 Å². The number of aryl methyl sites for hydroxylation is 1. The van der Waals surface area contributed by atoms with Crippen LogP contribution >= 0.6 is 46.6 Å². The van der Waals surface area contributed by atoms with E-state index in [9.17, 15) is 4.79 Å². The van der Waals surface area contributed by atoms with Crippen molar-refractivity contribution in [3.8, 4) is 0 Å². The van der Waals surface area contributed by atoms with Crippen molar-refractivity contribution in [1.82, 2.24) is 5.32 Å². The number of hydrogen-bond donors (Lipinski definition) is 1. The smallest absolute Gasteiger partial charge is 0.252 e. The molecule has 2 nitrogen and oxygen atoms in total. The Bertz CT molecular complexity index is 706. The number of benzene rings is 2. The van der Waals surface area contributed by atoms with Gasteiger partial charge in [-0.15, -0.1) is 0 Å². The molecule has 0 unspecified atom stereocenters. The average molecular weight is 389 g/mol. The minimum Gasteiger partial charge on any atom is -0.351 e. The minimum absolute atomic E-state index is 0.148. The highest BCUT2D eigenvalue weighted by atomic mass is 35.5. The molecule has 0 saturated heterocycles. The van der Waals surface area contributed by atoms with Gasteiger partial charge in [0.1, 0.15) is 0 Å². The van der Waals surface area contributed by atoms with Crippen LogP contribution in [0.2, 0.25) is 15.1 Å². The summed E-state index contributed by atoms with van der Waals surface area (Å²) in [5.41, 5.74) is 2.65. The van der Waals surface area contributed by atoms with Crippen molar-refractivity contribution in [2.45, 2.75) is 12.7 Å². The van der Waals surface area contributed by atoms with Gasteiger partial charge >= 0.3 is 0 Å². The number of amides is 1. The van der Waals surface area contributed by atoms with Gasteiger partial charge in [0, 0.05) is 18.1 Å². The number of carbonyl (C=O) groups excluding carboxylic acids is 1. The summed E-state index contributed by atoms with van der Waals surface area (Å²) in [5.74, 6) is 1.47. The van der Waals surface area contributed by atoms with Crippen LogP contribution in [0.1, 0.15) is 21.5 Å². The van der Waals surface area contributed by atoms with Crippen LogP contribution in [-0.4, -0.2) is 18.2 Å². The first kappa shape index (κ1) is 18.5. The van der Waals surface area contributed by atoms with Crippen LogP contribution in [0, 0.1) is 6.92 Å². The van der Waals surface area contributed by atoms with Crippen LogP contribution in [0.25, 0.3) is 0 Å². The highest BCUT2D eigenvalue weighted by molar-refractivity contribution is 7.98. The lowest BCUT2D eigenvalue weighted by atomic mass is 10.1. The van der Waals surface area contributed by atoms with Crippen LogP contribution < -0.4 is 5.32 Å². The SMILES string of the molecule is Cc1ccc(C(=O)NCCSCc2ccc(Cl)c(Cl)c2)c(Cl)c1. The lowest BCUT2D eigenvalue weighted by Gasteiger charge is -2.08. The van der Waals surface area contributed by atoms with E-state index < -0.39 is 0 Å². The zero-order valence-electron chi connectivity index (χ0n) is 12.5. The molecule has 0 fully saturated rings. The summed E-state index contributed by atoms with van der Waals surface area (Å²) in [5, 5.41) is 4.47. The first-order chi connectivity index (χ1) is 11.0. The number of carbonyl (C=O) groups is 1. The monoisotopic (exact) mass is 387 g/mol. The number of halogens is 3. The molecule has 0 atom stereocenters. The van der Waals surface area contributed by atoms with Crippen molar-refractivity contribution < 1.29 is 4.79 Å². The van der Waals surface area contributed by atoms with E-state index in [1.165, 1.54) is 0 Å². The van der Waals surface area contributed by atoms with Gasteiger partial charge in [0.15, 0.2) is 0 Å². The van der Waals surface area contributed by atoms with Crippen LogP contribution in [-0.2, 0) is 5.75 Å². The van der Waals surface area contributed by atoms with E-state index in [-0.39, 0.29) is 5.91 Å². The van der Waals surface area contributed by atoms with Crippen molar-refractivity contribution in [2.24, 2.45) is 0 Å². The summed E-state index contributed by atoms with van der Waals surface area (Å²) < 4.78 is 0. The predicted molar refractivity (Wildman–Crippen MR) is 101 cm³/mol. The van der Waals surface area contributed by atoms with Gasteiger partial charge in [-0.05, 0) is 42.3 Å². The van der Waals surface area contributed by atoms with Gasteiger partial charge < -0.3 is 5.32 Å². The third kappa shape index (κ3) is 5.61. The summed E-state index contributed by atoms with van der Waals surface area (Å²) in [6.07, 6.45) is 0. The zero-order chi connectivity index (χ0) is 16.8.